The minimum absolute atomic E-state index is 0.0320. The molecule has 3 saturated heterocycles. The van der Waals surface area contributed by atoms with Gasteiger partial charge in [0.1, 0.15) is 11.8 Å². The number of thioether (sulfide) groups is 1. The molecule has 4 fully saturated rings. The van der Waals surface area contributed by atoms with Crippen LogP contribution < -0.4 is 15.4 Å². The SMILES string of the molecule is CCOc1ccc(NC(=O)[C@@H]2[C@@H]3CC(C)C4(S3)C(C(=O)NC3CCCCC3)N([C@@H](CO)C(C)C)C(=O)[C@H]24)cc1. The highest BCUT2D eigenvalue weighted by Gasteiger charge is 2.76. The van der Waals surface area contributed by atoms with Crippen LogP contribution in [0.3, 0.4) is 0 Å². The van der Waals surface area contributed by atoms with E-state index in [1.165, 1.54) is 6.42 Å². The van der Waals surface area contributed by atoms with E-state index >= 15 is 0 Å². The van der Waals surface area contributed by atoms with E-state index < -0.39 is 28.7 Å². The average Bonchev–Trinajstić information content (AvgIpc) is 3.50. The van der Waals surface area contributed by atoms with E-state index in [4.69, 9.17) is 4.74 Å². The molecule has 3 unspecified atom stereocenters. The van der Waals surface area contributed by atoms with Crippen LogP contribution in [0.25, 0.3) is 0 Å². The molecule has 1 aliphatic carbocycles. The molecule has 1 spiro atoms. The molecule has 4 aliphatic rings. The lowest BCUT2D eigenvalue weighted by Crippen LogP contribution is -2.60. The fourth-order valence-electron chi connectivity index (χ4n) is 7.59. The lowest BCUT2D eigenvalue weighted by atomic mass is 9.65. The summed E-state index contributed by atoms with van der Waals surface area (Å²) in [5.74, 6) is -0.814. The Labute approximate surface area is 236 Å². The number of benzene rings is 1. The molecule has 5 rings (SSSR count). The molecular formula is C30H43N3O5S. The zero-order chi connectivity index (χ0) is 27.9. The number of fused-ring (bicyclic) bond motifs is 1. The quantitative estimate of drug-likeness (QED) is 0.426. The molecule has 3 N–H and O–H groups in total. The molecular weight excluding hydrogens is 514 g/mol. The lowest BCUT2D eigenvalue weighted by Gasteiger charge is -2.41. The van der Waals surface area contributed by atoms with Crippen molar-refractivity contribution in [1.82, 2.24) is 10.2 Å². The monoisotopic (exact) mass is 557 g/mol. The summed E-state index contributed by atoms with van der Waals surface area (Å²) in [5.41, 5.74) is 0.655. The second-order valence-electron chi connectivity index (χ2n) is 12.1. The molecule has 0 aromatic heterocycles. The summed E-state index contributed by atoms with van der Waals surface area (Å²) in [4.78, 5) is 43.9. The first-order valence-corrected chi connectivity index (χ1v) is 15.6. The van der Waals surface area contributed by atoms with E-state index in [9.17, 15) is 19.5 Å². The van der Waals surface area contributed by atoms with Gasteiger partial charge in [0.05, 0.1) is 35.8 Å². The third-order valence-corrected chi connectivity index (χ3v) is 11.5. The van der Waals surface area contributed by atoms with Gasteiger partial charge in [-0.3, -0.25) is 14.4 Å². The Morgan fingerprint density at radius 2 is 1.85 bits per heavy atom. The van der Waals surface area contributed by atoms with Crippen LogP contribution in [0.5, 0.6) is 5.75 Å². The molecule has 3 amide bonds. The van der Waals surface area contributed by atoms with Crippen LogP contribution in [0.2, 0.25) is 0 Å². The molecule has 9 heteroatoms. The summed E-state index contributed by atoms with van der Waals surface area (Å²) in [7, 11) is 0. The second kappa shape index (κ2) is 11.3. The Hall–Kier alpha value is -2.26. The first-order valence-electron chi connectivity index (χ1n) is 14.7. The minimum atomic E-state index is -0.704. The van der Waals surface area contributed by atoms with Crippen molar-refractivity contribution in [3.63, 3.8) is 0 Å². The van der Waals surface area contributed by atoms with E-state index in [1.807, 2.05) is 45.0 Å². The number of aliphatic hydroxyl groups excluding tert-OH is 1. The maximum Gasteiger partial charge on any atom is 0.244 e. The highest BCUT2D eigenvalue weighted by molar-refractivity contribution is 8.02. The van der Waals surface area contributed by atoms with Gasteiger partial charge in [-0.05, 0) is 62.3 Å². The normalized spacial score (nSPS) is 32.8. The van der Waals surface area contributed by atoms with Crippen molar-refractivity contribution < 1.29 is 24.2 Å². The topological polar surface area (TPSA) is 108 Å². The Kier molecular flexibility index (Phi) is 8.20. The average molecular weight is 558 g/mol. The third kappa shape index (κ3) is 4.83. The predicted molar refractivity (Wildman–Crippen MR) is 152 cm³/mol. The van der Waals surface area contributed by atoms with Crippen molar-refractivity contribution in [3.05, 3.63) is 24.3 Å². The van der Waals surface area contributed by atoms with Gasteiger partial charge in [0, 0.05) is 17.0 Å². The summed E-state index contributed by atoms with van der Waals surface area (Å²) in [6, 6.07) is 6.19. The maximum atomic E-state index is 14.3. The van der Waals surface area contributed by atoms with Crippen molar-refractivity contribution in [2.75, 3.05) is 18.5 Å². The van der Waals surface area contributed by atoms with Gasteiger partial charge in [-0.1, -0.05) is 40.0 Å². The van der Waals surface area contributed by atoms with Gasteiger partial charge in [0.15, 0.2) is 0 Å². The van der Waals surface area contributed by atoms with Gasteiger partial charge >= 0.3 is 0 Å². The van der Waals surface area contributed by atoms with Gasteiger partial charge in [0.2, 0.25) is 17.7 Å². The van der Waals surface area contributed by atoms with Gasteiger partial charge < -0.3 is 25.4 Å². The molecule has 1 saturated carbocycles. The van der Waals surface area contributed by atoms with Gasteiger partial charge in [-0.2, -0.15) is 0 Å². The number of hydrogen-bond donors (Lipinski definition) is 3. The van der Waals surface area contributed by atoms with Crippen LogP contribution >= 0.6 is 11.8 Å². The number of hydrogen-bond acceptors (Lipinski definition) is 6. The van der Waals surface area contributed by atoms with Crippen molar-refractivity contribution in [3.8, 4) is 5.75 Å². The number of anilines is 1. The van der Waals surface area contributed by atoms with Crippen molar-refractivity contribution in [1.29, 1.82) is 0 Å². The number of likely N-dealkylation sites (tertiary alicyclic amines) is 1. The Morgan fingerprint density at radius 1 is 1.15 bits per heavy atom. The fraction of sp³-hybridized carbons (Fsp3) is 0.700. The standard InChI is InChI=1S/C30H43N3O5S/c1-5-38-21-13-11-20(12-14-21)31-27(35)24-23-15-18(4)30(39-23)25(24)29(37)33(22(16-34)17(2)3)26(30)28(36)32-19-9-7-6-8-10-19/h11-14,17-19,22-26,34H,5-10,15-16H2,1-4H3,(H,31,35)(H,32,36)/t18?,22-,23-,24+,25-,26?,30?/m0/s1. The smallest absolute Gasteiger partial charge is 0.244 e. The van der Waals surface area contributed by atoms with E-state index in [1.54, 1.807) is 16.7 Å². The molecule has 3 heterocycles. The number of carbonyl (C=O) groups is 3. The van der Waals surface area contributed by atoms with Gasteiger partial charge in [-0.25, -0.2) is 0 Å². The summed E-state index contributed by atoms with van der Waals surface area (Å²) < 4.78 is 4.82. The second-order valence-corrected chi connectivity index (χ2v) is 13.6. The first-order chi connectivity index (χ1) is 18.7. The van der Waals surface area contributed by atoms with Crippen molar-refractivity contribution in [2.24, 2.45) is 23.7 Å². The largest absolute Gasteiger partial charge is 0.494 e. The number of amides is 3. The van der Waals surface area contributed by atoms with Crippen LogP contribution in [0, 0.1) is 23.7 Å². The van der Waals surface area contributed by atoms with Gasteiger partial charge in [-0.15, -0.1) is 11.8 Å². The Morgan fingerprint density at radius 3 is 2.46 bits per heavy atom. The van der Waals surface area contributed by atoms with E-state index in [0.29, 0.717) is 12.3 Å². The van der Waals surface area contributed by atoms with Crippen LogP contribution in [-0.2, 0) is 14.4 Å². The molecule has 1 aromatic rings. The van der Waals surface area contributed by atoms with Gasteiger partial charge in [0.25, 0.3) is 0 Å². The number of rotatable bonds is 9. The van der Waals surface area contributed by atoms with Crippen LogP contribution in [0.1, 0.15) is 66.2 Å². The van der Waals surface area contributed by atoms with Crippen LogP contribution in [0.15, 0.2) is 24.3 Å². The number of carbonyl (C=O) groups excluding carboxylic acids is 3. The molecule has 7 atom stereocenters. The zero-order valence-electron chi connectivity index (χ0n) is 23.5. The maximum absolute atomic E-state index is 14.3. The first kappa shape index (κ1) is 28.3. The molecule has 214 valence electrons. The molecule has 0 radical (unpaired) electrons. The Balaban J connectivity index is 1.47. The van der Waals surface area contributed by atoms with E-state index in [-0.39, 0.29) is 47.5 Å². The summed E-state index contributed by atoms with van der Waals surface area (Å²) >= 11 is 1.67. The predicted octanol–water partition coefficient (Wildman–Crippen LogP) is 3.83. The molecule has 8 nitrogen and oxygen atoms in total. The lowest BCUT2D eigenvalue weighted by molar-refractivity contribution is -0.143. The number of aliphatic hydroxyl groups is 1. The highest BCUT2D eigenvalue weighted by atomic mass is 32.2. The fourth-order valence-corrected chi connectivity index (χ4v) is 10.00. The Bertz CT molecular complexity index is 1070. The van der Waals surface area contributed by atoms with Crippen LogP contribution in [0.4, 0.5) is 5.69 Å². The number of nitrogens with one attached hydrogen (secondary N) is 2. The van der Waals surface area contributed by atoms with Crippen LogP contribution in [-0.4, -0.2) is 69.1 Å². The summed E-state index contributed by atoms with van der Waals surface area (Å²) in [6.07, 6.45) is 6.06. The molecule has 3 aliphatic heterocycles. The summed E-state index contributed by atoms with van der Waals surface area (Å²) in [5, 5.41) is 16.7. The number of nitrogens with zero attached hydrogens (tertiary/aromatic N) is 1. The highest BCUT2D eigenvalue weighted by Crippen LogP contribution is 2.69. The zero-order valence-corrected chi connectivity index (χ0v) is 24.3. The molecule has 2 bridgehead atoms. The number of ether oxygens (including phenoxy) is 1. The molecule has 1 aromatic carbocycles. The minimum Gasteiger partial charge on any atom is -0.494 e. The molecule has 39 heavy (non-hydrogen) atoms. The summed E-state index contributed by atoms with van der Waals surface area (Å²) in [6.45, 7) is 8.34. The third-order valence-electron chi connectivity index (χ3n) is 9.43. The van der Waals surface area contributed by atoms with Crippen molar-refractivity contribution in [2.45, 2.75) is 94.3 Å². The van der Waals surface area contributed by atoms with E-state index in [2.05, 4.69) is 17.6 Å². The van der Waals surface area contributed by atoms with E-state index in [0.717, 1.165) is 37.9 Å². The van der Waals surface area contributed by atoms with Crippen molar-refractivity contribution >= 4 is 35.2 Å².